The normalized spacial score (nSPS) is 10.5. The number of carboxylic acids is 1. The van der Waals surface area contributed by atoms with Gasteiger partial charge in [0.25, 0.3) is 11.5 Å². The molecule has 0 aliphatic carbocycles. The van der Waals surface area contributed by atoms with Crippen LogP contribution in [0.15, 0.2) is 59.4 Å². The van der Waals surface area contributed by atoms with E-state index in [0.29, 0.717) is 16.1 Å². The summed E-state index contributed by atoms with van der Waals surface area (Å²) in [5.74, 6) is -2.81. The molecule has 9 heteroatoms. The molecule has 3 aromatic rings. The fraction of sp³-hybridized carbons (Fsp3) is 0.100. The zero-order valence-electron chi connectivity index (χ0n) is 15.0. The number of carboxylic acid groups (broad SMARTS) is 1. The van der Waals surface area contributed by atoms with Gasteiger partial charge in [-0.1, -0.05) is 60.1 Å². The molecule has 1 heterocycles. The van der Waals surface area contributed by atoms with Crippen LogP contribution < -0.4 is 10.9 Å². The molecule has 0 spiro atoms. The van der Waals surface area contributed by atoms with Gasteiger partial charge in [0.05, 0.1) is 6.54 Å². The molecule has 3 rings (SSSR count). The van der Waals surface area contributed by atoms with Gasteiger partial charge in [-0.15, -0.1) is 0 Å². The number of hydrogen-bond donors (Lipinski definition) is 3. The molecular formula is C20H16ClN3O5. The molecule has 0 aliphatic rings. The Labute approximate surface area is 170 Å². The number of carbonyl (C=O) groups is 2. The molecule has 0 aliphatic heterocycles. The van der Waals surface area contributed by atoms with E-state index in [-0.39, 0.29) is 12.4 Å². The van der Waals surface area contributed by atoms with E-state index in [4.69, 9.17) is 16.7 Å². The van der Waals surface area contributed by atoms with Crippen molar-refractivity contribution in [1.29, 1.82) is 0 Å². The van der Waals surface area contributed by atoms with Gasteiger partial charge in [-0.25, -0.2) is 0 Å². The van der Waals surface area contributed by atoms with E-state index in [9.17, 15) is 19.5 Å². The second-order valence-electron chi connectivity index (χ2n) is 6.06. The maximum absolute atomic E-state index is 12.5. The lowest BCUT2D eigenvalue weighted by Crippen LogP contribution is -2.34. The molecule has 0 saturated heterocycles. The number of amides is 1. The van der Waals surface area contributed by atoms with Crippen LogP contribution in [-0.2, 0) is 11.3 Å². The van der Waals surface area contributed by atoms with Crippen LogP contribution in [0, 0.1) is 0 Å². The molecule has 0 unspecified atom stereocenters. The van der Waals surface area contributed by atoms with Gasteiger partial charge in [-0.3, -0.25) is 19.0 Å². The lowest BCUT2D eigenvalue weighted by atomic mass is 10.1. The van der Waals surface area contributed by atoms with Crippen molar-refractivity contribution in [1.82, 2.24) is 14.9 Å². The lowest BCUT2D eigenvalue weighted by Gasteiger charge is -2.17. The first-order valence-electron chi connectivity index (χ1n) is 8.51. The Hall–Kier alpha value is -3.65. The van der Waals surface area contributed by atoms with Gasteiger partial charge in [0.15, 0.2) is 5.56 Å². The number of aliphatic carboxylic acids is 1. The number of rotatable bonds is 6. The lowest BCUT2D eigenvalue weighted by molar-refractivity contribution is -0.135. The highest BCUT2D eigenvalue weighted by Gasteiger charge is 2.24. The van der Waals surface area contributed by atoms with Crippen LogP contribution in [0.2, 0.25) is 5.02 Å². The third kappa shape index (κ3) is 4.44. The summed E-state index contributed by atoms with van der Waals surface area (Å²) < 4.78 is 1.29. The summed E-state index contributed by atoms with van der Waals surface area (Å²) in [6.45, 7) is -0.676. The number of nitrogens with one attached hydrogen (secondary N) is 1. The summed E-state index contributed by atoms with van der Waals surface area (Å²) in [5.41, 5.74) is -0.439. The van der Waals surface area contributed by atoms with E-state index in [0.717, 1.165) is 0 Å². The van der Waals surface area contributed by atoms with E-state index >= 15 is 0 Å². The first-order valence-corrected chi connectivity index (χ1v) is 8.89. The van der Waals surface area contributed by atoms with Gasteiger partial charge < -0.3 is 15.5 Å². The van der Waals surface area contributed by atoms with E-state index < -0.39 is 35.4 Å². The minimum absolute atomic E-state index is 0.0300. The van der Waals surface area contributed by atoms with Crippen LogP contribution in [0.3, 0.4) is 0 Å². The number of aromatic nitrogens is 2. The van der Waals surface area contributed by atoms with Crippen molar-refractivity contribution in [3.8, 4) is 17.3 Å². The molecule has 0 radical (unpaired) electrons. The molecule has 0 bridgehead atoms. The number of hydrogen-bond acceptors (Lipinski definition) is 5. The van der Waals surface area contributed by atoms with Crippen molar-refractivity contribution < 1.29 is 19.8 Å². The van der Waals surface area contributed by atoms with Crippen molar-refractivity contribution in [3.05, 3.63) is 81.1 Å². The molecule has 148 valence electrons. The molecule has 2 aromatic carbocycles. The van der Waals surface area contributed by atoms with E-state index in [1.807, 2.05) is 0 Å². The molecule has 29 heavy (non-hydrogen) atoms. The SMILES string of the molecule is O=C(O)CNC(=O)c1c(O)n(Cc2ccccc2Cl)c(-c2ccccc2)nc1=O. The van der Waals surface area contributed by atoms with Crippen LogP contribution in [0.1, 0.15) is 15.9 Å². The summed E-state index contributed by atoms with van der Waals surface area (Å²) >= 11 is 6.22. The van der Waals surface area contributed by atoms with Crippen molar-refractivity contribution in [3.63, 3.8) is 0 Å². The molecule has 8 nitrogen and oxygen atoms in total. The van der Waals surface area contributed by atoms with Gasteiger partial charge >= 0.3 is 5.97 Å². The van der Waals surface area contributed by atoms with Gasteiger partial charge in [0.2, 0.25) is 5.88 Å². The third-order valence-corrected chi connectivity index (χ3v) is 4.47. The average Bonchev–Trinajstić information content (AvgIpc) is 2.70. The number of aromatic hydroxyl groups is 1. The minimum atomic E-state index is -1.29. The van der Waals surface area contributed by atoms with Gasteiger partial charge in [-0.2, -0.15) is 4.98 Å². The van der Waals surface area contributed by atoms with Crippen LogP contribution >= 0.6 is 11.6 Å². The largest absolute Gasteiger partial charge is 0.494 e. The summed E-state index contributed by atoms with van der Waals surface area (Å²) in [6.07, 6.45) is 0. The Kier molecular flexibility index (Phi) is 5.94. The Bertz CT molecular complexity index is 1130. The molecule has 0 atom stereocenters. The minimum Gasteiger partial charge on any atom is -0.494 e. The Morgan fingerprint density at radius 1 is 1.07 bits per heavy atom. The fourth-order valence-corrected chi connectivity index (χ4v) is 2.94. The number of nitrogens with zero attached hydrogens (tertiary/aromatic N) is 2. The Balaban J connectivity index is 2.17. The van der Waals surface area contributed by atoms with Gasteiger partial charge in [-0.05, 0) is 11.6 Å². The summed E-state index contributed by atoms with van der Waals surface area (Å²) in [6, 6.07) is 15.6. The van der Waals surface area contributed by atoms with Crippen molar-refractivity contribution in [2.75, 3.05) is 6.54 Å². The molecular weight excluding hydrogens is 398 g/mol. The molecule has 0 saturated carbocycles. The van der Waals surface area contributed by atoms with E-state index in [2.05, 4.69) is 10.3 Å². The van der Waals surface area contributed by atoms with Crippen LogP contribution in [0.25, 0.3) is 11.4 Å². The molecule has 0 fully saturated rings. The maximum Gasteiger partial charge on any atom is 0.322 e. The predicted molar refractivity (Wildman–Crippen MR) is 106 cm³/mol. The maximum atomic E-state index is 12.5. The third-order valence-electron chi connectivity index (χ3n) is 4.10. The smallest absolute Gasteiger partial charge is 0.322 e. The molecule has 1 aromatic heterocycles. The molecule has 1 amide bonds. The van der Waals surface area contributed by atoms with E-state index in [1.165, 1.54) is 4.57 Å². The summed E-state index contributed by atoms with van der Waals surface area (Å²) in [7, 11) is 0. The summed E-state index contributed by atoms with van der Waals surface area (Å²) in [5, 5.41) is 22.0. The van der Waals surface area contributed by atoms with Crippen LogP contribution in [-0.4, -0.2) is 38.2 Å². The highest BCUT2D eigenvalue weighted by Crippen LogP contribution is 2.26. The standard InChI is InChI=1S/C20H16ClN3O5/c21-14-9-5-4-8-13(14)11-24-17(12-6-2-1-3-7-12)23-19(28)16(20(24)29)18(27)22-10-15(25)26/h1-9,29H,10-11H2,(H,22,27)(H,25,26). The number of carbonyl (C=O) groups excluding carboxylic acids is 1. The Morgan fingerprint density at radius 2 is 1.72 bits per heavy atom. The fourth-order valence-electron chi connectivity index (χ4n) is 2.74. The first kappa shape index (κ1) is 20.1. The van der Waals surface area contributed by atoms with Crippen LogP contribution in [0.5, 0.6) is 5.88 Å². The van der Waals surface area contributed by atoms with Gasteiger partial charge in [0.1, 0.15) is 12.4 Å². The second-order valence-corrected chi connectivity index (χ2v) is 6.47. The van der Waals surface area contributed by atoms with Crippen molar-refractivity contribution >= 4 is 23.5 Å². The number of halogens is 1. The molecule has 3 N–H and O–H groups in total. The van der Waals surface area contributed by atoms with Crippen molar-refractivity contribution in [2.45, 2.75) is 6.54 Å². The van der Waals surface area contributed by atoms with E-state index in [1.54, 1.807) is 54.6 Å². The first-order chi connectivity index (χ1) is 13.9. The topological polar surface area (TPSA) is 122 Å². The monoisotopic (exact) mass is 413 g/mol. The zero-order valence-corrected chi connectivity index (χ0v) is 15.8. The van der Waals surface area contributed by atoms with Crippen LogP contribution in [0.4, 0.5) is 0 Å². The average molecular weight is 414 g/mol. The highest BCUT2D eigenvalue weighted by atomic mass is 35.5. The Morgan fingerprint density at radius 3 is 2.38 bits per heavy atom. The second kappa shape index (κ2) is 8.57. The van der Waals surface area contributed by atoms with Crippen molar-refractivity contribution in [2.24, 2.45) is 0 Å². The van der Waals surface area contributed by atoms with Gasteiger partial charge in [0, 0.05) is 10.6 Å². The number of benzene rings is 2. The summed E-state index contributed by atoms with van der Waals surface area (Å²) in [4.78, 5) is 39.4. The zero-order chi connectivity index (χ0) is 21.0. The highest BCUT2D eigenvalue weighted by molar-refractivity contribution is 6.31. The quantitative estimate of drug-likeness (QED) is 0.569. The predicted octanol–water partition coefficient (Wildman–Crippen LogP) is 2.13.